The molecule has 0 amide bonds. The summed E-state index contributed by atoms with van der Waals surface area (Å²) in [6, 6.07) is 16.3. The fraction of sp³-hybridized carbons (Fsp3) is 0.333. The topological polar surface area (TPSA) is 37.4 Å². The number of benzene rings is 2. The summed E-state index contributed by atoms with van der Waals surface area (Å²) in [4.78, 5) is 0.560. The van der Waals surface area contributed by atoms with Crippen LogP contribution in [0.3, 0.4) is 0 Å². The van der Waals surface area contributed by atoms with E-state index in [9.17, 15) is 8.42 Å². The third kappa shape index (κ3) is 3.05. The first-order valence-corrected chi connectivity index (χ1v) is 10.4. The average Bonchev–Trinajstić information content (AvgIpc) is 3.12. The third-order valence-electron chi connectivity index (χ3n) is 5.32. The van der Waals surface area contributed by atoms with Crippen LogP contribution in [-0.4, -0.2) is 19.3 Å². The lowest BCUT2D eigenvalue weighted by Gasteiger charge is -2.27. The molecule has 0 N–H and O–H groups in total. The largest absolute Gasteiger partial charge is 0.239 e. The Labute approximate surface area is 150 Å². The van der Waals surface area contributed by atoms with Crippen LogP contribution in [0.1, 0.15) is 47.6 Å². The van der Waals surface area contributed by atoms with Crippen LogP contribution in [0.15, 0.2) is 53.4 Å². The van der Waals surface area contributed by atoms with Gasteiger partial charge >= 0.3 is 0 Å². The summed E-state index contributed by atoms with van der Waals surface area (Å²) in [5, 5.41) is 0. The summed E-state index contributed by atoms with van der Waals surface area (Å²) in [5.74, 6) is 0. The van der Waals surface area contributed by atoms with Crippen LogP contribution < -0.4 is 0 Å². The molecule has 0 aromatic heterocycles. The van der Waals surface area contributed by atoms with Gasteiger partial charge in [-0.05, 0) is 55.4 Å². The molecule has 2 aromatic rings. The molecule has 1 aliphatic heterocycles. The number of sulfonamides is 1. The highest BCUT2D eigenvalue weighted by Crippen LogP contribution is 2.38. The fourth-order valence-corrected chi connectivity index (χ4v) is 5.78. The molecule has 1 aliphatic carbocycles. The maximum absolute atomic E-state index is 13.3. The molecule has 1 atom stereocenters. The molecule has 1 fully saturated rings. The SMILES string of the molecule is Cc1ccc(C2CCCN2S(=O)(=O)C2=Cc3ccccc3CC2)cc1. The van der Waals surface area contributed by atoms with E-state index in [4.69, 9.17) is 0 Å². The quantitative estimate of drug-likeness (QED) is 0.817. The second kappa shape index (κ2) is 6.43. The lowest BCUT2D eigenvalue weighted by atomic mass is 9.98. The van der Waals surface area contributed by atoms with Gasteiger partial charge in [0.15, 0.2) is 0 Å². The Kier molecular flexibility index (Phi) is 4.26. The minimum absolute atomic E-state index is 0.0383. The zero-order chi connectivity index (χ0) is 17.4. The first kappa shape index (κ1) is 16.6. The lowest BCUT2D eigenvalue weighted by Crippen LogP contribution is -2.32. The van der Waals surface area contributed by atoms with Crippen molar-refractivity contribution in [2.45, 2.75) is 38.6 Å². The smallest absolute Gasteiger partial charge is 0.207 e. The molecule has 0 spiro atoms. The van der Waals surface area contributed by atoms with Crippen molar-refractivity contribution in [2.75, 3.05) is 6.54 Å². The van der Waals surface area contributed by atoms with Crippen LogP contribution in [0.25, 0.3) is 6.08 Å². The van der Waals surface area contributed by atoms with Gasteiger partial charge in [-0.3, -0.25) is 0 Å². The molecular weight excluding hydrogens is 330 g/mol. The van der Waals surface area contributed by atoms with Crippen molar-refractivity contribution < 1.29 is 8.42 Å². The van der Waals surface area contributed by atoms with Crippen molar-refractivity contribution in [3.8, 4) is 0 Å². The first-order chi connectivity index (χ1) is 12.1. The first-order valence-electron chi connectivity index (χ1n) is 8.92. The molecular formula is C21H23NO2S. The molecule has 4 heteroatoms. The van der Waals surface area contributed by atoms with Gasteiger partial charge in [0.25, 0.3) is 0 Å². The summed E-state index contributed by atoms with van der Waals surface area (Å²) in [5.41, 5.74) is 4.57. The van der Waals surface area contributed by atoms with Crippen molar-refractivity contribution >= 4 is 16.1 Å². The normalized spacial score (nSPS) is 21.0. The van der Waals surface area contributed by atoms with Crippen molar-refractivity contribution in [3.63, 3.8) is 0 Å². The van der Waals surface area contributed by atoms with E-state index in [0.29, 0.717) is 17.9 Å². The van der Waals surface area contributed by atoms with Crippen LogP contribution in [0.2, 0.25) is 0 Å². The third-order valence-corrected chi connectivity index (χ3v) is 7.36. The minimum atomic E-state index is -3.42. The number of hydrogen-bond donors (Lipinski definition) is 0. The Balaban J connectivity index is 1.68. The van der Waals surface area contributed by atoms with Gasteiger partial charge in [-0.1, -0.05) is 54.1 Å². The van der Waals surface area contributed by atoms with Gasteiger partial charge in [0.1, 0.15) is 0 Å². The van der Waals surface area contributed by atoms with E-state index in [-0.39, 0.29) is 6.04 Å². The summed E-state index contributed by atoms with van der Waals surface area (Å²) < 4.78 is 28.3. The predicted molar refractivity (Wildman–Crippen MR) is 102 cm³/mol. The molecule has 3 nitrogen and oxygen atoms in total. The molecule has 1 unspecified atom stereocenters. The molecule has 25 heavy (non-hydrogen) atoms. The molecule has 1 heterocycles. The maximum atomic E-state index is 13.3. The second-order valence-corrected chi connectivity index (χ2v) is 8.94. The summed E-state index contributed by atoms with van der Waals surface area (Å²) in [6.45, 7) is 2.66. The van der Waals surface area contributed by atoms with Crippen LogP contribution in [0.4, 0.5) is 0 Å². The van der Waals surface area contributed by atoms with Gasteiger partial charge in [0.05, 0.1) is 10.9 Å². The molecule has 130 valence electrons. The molecule has 2 aliphatic rings. The van der Waals surface area contributed by atoms with E-state index >= 15 is 0 Å². The Morgan fingerprint density at radius 1 is 1.00 bits per heavy atom. The maximum Gasteiger partial charge on any atom is 0.239 e. The average molecular weight is 353 g/mol. The van der Waals surface area contributed by atoms with Gasteiger partial charge in [-0.2, -0.15) is 4.31 Å². The number of allylic oxidation sites excluding steroid dienone is 1. The predicted octanol–water partition coefficient (Wildman–Crippen LogP) is 4.45. The van der Waals surface area contributed by atoms with Crippen LogP contribution >= 0.6 is 0 Å². The van der Waals surface area contributed by atoms with Crippen LogP contribution in [-0.2, 0) is 16.4 Å². The van der Waals surface area contributed by atoms with Crippen molar-refractivity contribution in [2.24, 2.45) is 0 Å². The standard InChI is InChI=1S/C21H23NO2S/c1-16-8-10-18(11-9-16)21-7-4-14-22(21)25(23,24)20-13-12-17-5-2-3-6-19(17)15-20/h2-3,5-6,8-11,15,21H,4,7,12-14H2,1H3. The number of hydrogen-bond acceptors (Lipinski definition) is 2. The molecule has 4 rings (SSSR count). The molecule has 0 saturated carbocycles. The number of nitrogens with zero attached hydrogens (tertiary/aromatic N) is 1. The van der Waals surface area contributed by atoms with Gasteiger partial charge in [0, 0.05) is 6.54 Å². The molecule has 2 aromatic carbocycles. The van der Waals surface area contributed by atoms with Crippen LogP contribution in [0, 0.1) is 6.92 Å². The number of aryl methyl sites for hydroxylation is 2. The Morgan fingerprint density at radius 3 is 2.56 bits per heavy atom. The molecule has 0 radical (unpaired) electrons. The number of rotatable bonds is 3. The van der Waals surface area contributed by atoms with Crippen molar-refractivity contribution in [3.05, 3.63) is 75.7 Å². The highest BCUT2D eigenvalue weighted by molar-refractivity contribution is 7.93. The monoisotopic (exact) mass is 353 g/mol. The van der Waals surface area contributed by atoms with Gasteiger partial charge in [0.2, 0.25) is 10.0 Å². The van der Waals surface area contributed by atoms with Crippen molar-refractivity contribution in [1.82, 2.24) is 4.31 Å². The lowest BCUT2D eigenvalue weighted by molar-refractivity contribution is 0.400. The number of fused-ring (bicyclic) bond motifs is 1. The van der Waals surface area contributed by atoms with Gasteiger partial charge < -0.3 is 0 Å². The van der Waals surface area contributed by atoms with Gasteiger partial charge in [-0.25, -0.2) is 8.42 Å². The summed E-state index contributed by atoms with van der Waals surface area (Å²) in [7, 11) is -3.42. The van der Waals surface area contributed by atoms with E-state index in [1.165, 1.54) is 11.1 Å². The minimum Gasteiger partial charge on any atom is -0.207 e. The van der Waals surface area contributed by atoms with Crippen molar-refractivity contribution in [1.29, 1.82) is 0 Å². The van der Waals surface area contributed by atoms with E-state index < -0.39 is 10.0 Å². The highest BCUT2D eigenvalue weighted by Gasteiger charge is 2.37. The van der Waals surface area contributed by atoms with E-state index in [1.807, 2.05) is 24.3 Å². The second-order valence-electron chi connectivity index (χ2n) is 6.99. The zero-order valence-corrected chi connectivity index (χ0v) is 15.3. The fourth-order valence-electron chi connectivity index (χ4n) is 3.91. The van der Waals surface area contributed by atoms with E-state index in [0.717, 1.165) is 30.4 Å². The Bertz CT molecular complexity index is 913. The molecule has 1 saturated heterocycles. The molecule has 0 bridgehead atoms. The summed E-state index contributed by atoms with van der Waals surface area (Å²) >= 11 is 0. The Morgan fingerprint density at radius 2 is 1.76 bits per heavy atom. The summed E-state index contributed by atoms with van der Waals surface area (Å²) in [6.07, 6.45) is 5.08. The van der Waals surface area contributed by atoms with Gasteiger partial charge in [-0.15, -0.1) is 0 Å². The highest BCUT2D eigenvalue weighted by atomic mass is 32.2. The van der Waals surface area contributed by atoms with E-state index in [2.05, 4.69) is 37.3 Å². The Hall–Kier alpha value is -1.91. The zero-order valence-electron chi connectivity index (χ0n) is 14.5. The van der Waals surface area contributed by atoms with Crippen LogP contribution in [0.5, 0.6) is 0 Å². The van der Waals surface area contributed by atoms with E-state index in [1.54, 1.807) is 4.31 Å².